The number of carbonyl (C=O) groups is 3. The third-order valence-corrected chi connectivity index (χ3v) is 3.81. The van der Waals surface area contributed by atoms with E-state index >= 15 is 0 Å². The van der Waals surface area contributed by atoms with Gasteiger partial charge in [-0.05, 0) is 37.1 Å². The number of hydrogen-bond donors (Lipinski definition) is 1. The molecule has 0 radical (unpaired) electrons. The molecule has 2 rings (SSSR count). The largest absolute Gasteiger partial charge is 0.497 e. The van der Waals surface area contributed by atoms with Crippen molar-refractivity contribution >= 4 is 18.0 Å². The summed E-state index contributed by atoms with van der Waals surface area (Å²) in [6, 6.07) is 13.5. The maximum Gasteiger partial charge on any atom is 0.258 e. The molecule has 26 heavy (non-hydrogen) atoms. The predicted molar refractivity (Wildman–Crippen MR) is 96.6 cm³/mol. The first-order valence-electron chi connectivity index (χ1n) is 8.13. The lowest BCUT2D eigenvalue weighted by atomic mass is 10.0. The first-order valence-corrected chi connectivity index (χ1v) is 8.13. The van der Waals surface area contributed by atoms with Crippen LogP contribution in [0.15, 0.2) is 48.5 Å². The Morgan fingerprint density at radius 2 is 1.88 bits per heavy atom. The van der Waals surface area contributed by atoms with Crippen LogP contribution < -0.4 is 14.8 Å². The maximum absolute atomic E-state index is 12.1. The molecule has 0 fully saturated rings. The van der Waals surface area contributed by atoms with E-state index in [1.165, 1.54) is 20.1 Å². The number of benzene rings is 2. The smallest absolute Gasteiger partial charge is 0.258 e. The third kappa shape index (κ3) is 5.44. The molecule has 1 unspecified atom stereocenters. The van der Waals surface area contributed by atoms with E-state index < -0.39 is 11.9 Å². The Labute approximate surface area is 152 Å². The van der Waals surface area contributed by atoms with Crippen LogP contribution >= 0.6 is 0 Å². The van der Waals surface area contributed by atoms with Gasteiger partial charge in [-0.1, -0.05) is 30.3 Å². The highest BCUT2D eigenvalue weighted by atomic mass is 16.5. The Balaban J connectivity index is 1.96. The number of aldehydes is 1. The molecule has 6 heteroatoms. The fourth-order valence-corrected chi connectivity index (χ4v) is 2.40. The lowest BCUT2D eigenvalue weighted by Crippen LogP contribution is -2.43. The van der Waals surface area contributed by atoms with E-state index in [-0.39, 0.29) is 23.7 Å². The van der Waals surface area contributed by atoms with Crippen LogP contribution in [-0.2, 0) is 16.0 Å². The number of carbonyl (C=O) groups excluding carboxylic acids is 3. The Hall–Kier alpha value is -3.15. The molecule has 6 nitrogen and oxygen atoms in total. The van der Waals surface area contributed by atoms with Crippen LogP contribution in [0.1, 0.15) is 22.8 Å². The van der Waals surface area contributed by atoms with Gasteiger partial charge in [-0.3, -0.25) is 14.4 Å². The van der Waals surface area contributed by atoms with Crippen LogP contribution in [0.25, 0.3) is 0 Å². The van der Waals surface area contributed by atoms with Crippen molar-refractivity contribution in [3.63, 3.8) is 0 Å². The highest BCUT2D eigenvalue weighted by molar-refractivity contribution is 5.88. The van der Waals surface area contributed by atoms with E-state index in [0.29, 0.717) is 18.5 Å². The second-order valence-electron chi connectivity index (χ2n) is 5.73. The number of ketones is 1. The van der Waals surface area contributed by atoms with Crippen LogP contribution in [0, 0.1) is 0 Å². The molecule has 2 aromatic rings. The third-order valence-electron chi connectivity index (χ3n) is 3.81. The molecule has 136 valence electrons. The van der Waals surface area contributed by atoms with Gasteiger partial charge in [0.25, 0.3) is 5.91 Å². The van der Waals surface area contributed by atoms with Gasteiger partial charge in [0.15, 0.2) is 18.7 Å². The van der Waals surface area contributed by atoms with Gasteiger partial charge in [0.05, 0.1) is 18.7 Å². The van der Waals surface area contributed by atoms with Crippen LogP contribution in [0.4, 0.5) is 0 Å². The minimum atomic E-state index is -0.630. The molecular formula is C20H21NO5. The molecule has 0 saturated carbocycles. The molecule has 0 aliphatic heterocycles. The van der Waals surface area contributed by atoms with Crippen LogP contribution in [0.3, 0.4) is 0 Å². The summed E-state index contributed by atoms with van der Waals surface area (Å²) < 4.78 is 10.5. The lowest BCUT2D eigenvalue weighted by Gasteiger charge is -2.16. The zero-order chi connectivity index (χ0) is 18.9. The van der Waals surface area contributed by atoms with E-state index in [2.05, 4.69) is 5.32 Å². The molecule has 1 N–H and O–H groups in total. The highest BCUT2D eigenvalue weighted by Gasteiger charge is 2.18. The van der Waals surface area contributed by atoms with Gasteiger partial charge in [0.1, 0.15) is 11.5 Å². The summed E-state index contributed by atoms with van der Waals surface area (Å²) >= 11 is 0. The van der Waals surface area contributed by atoms with Crippen molar-refractivity contribution in [3.05, 3.63) is 59.7 Å². The molecule has 0 aliphatic carbocycles. The fraction of sp³-hybridized carbons (Fsp3) is 0.250. The van der Waals surface area contributed by atoms with E-state index in [9.17, 15) is 14.4 Å². The highest BCUT2D eigenvalue weighted by Crippen LogP contribution is 2.22. The van der Waals surface area contributed by atoms with Gasteiger partial charge in [-0.25, -0.2) is 0 Å². The molecule has 0 bridgehead atoms. The van der Waals surface area contributed by atoms with Crippen molar-refractivity contribution < 1.29 is 23.9 Å². The average Bonchev–Trinajstić information content (AvgIpc) is 2.66. The average molecular weight is 355 g/mol. The number of ether oxygens (including phenoxy) is 2. The Bertz CT molecular complexity index is 773. The van der Waals surface area contributed by atoms with Crippen LogP contribution in [-0.4, -0.2) is 37.7 Å². The number of Topliss-reactive ketones (excluding diaryl/α,β-unsaturated/α-hetero) is 1. The van der Waals surface area contributed by atoms with Crippen LogP contribution in [0.5, 0.6) is 11.5 Å². The second kappa shape index (κ2) is 9.36. The minimum absolute atomic E-state index is 0.139. The zero-order valence-electron chi connectivity index (χ0n) is 14.7. The summed E-state index contributed by atoms with van der Waals surface area (Å²) in [5, 5.41) is 2.67. The topological polar surface area (TPSA) is 81.7 Å². The number of nitrogens with one attached hydrogen (secondary N) is 1. The Morgan fingerprint density at radius 3 is 2.50 bits per heavy atom. The van der Waals surface area contributed by atoms with Crippen molar-refractivity contribution in [1.82, 2.24) is 5.32 Å². The maximum atomic E-state index is 12.1. The molecule has 1 amide bonds. The molecule has 0 heterocycles. The summed E-state index contributed by atoms with van der Waals surface area (Å²) in [4.78, 5) is 35.1. The number of methoxy groups -OCH3 is 1. The zero-order valence-corrected chi connectivity index (χ0v) is 14.7. The predicted octanol–water partition coefficient (Wildman–Crippen LogP) is 2.20. The van der Waals surface area contributed by atoms with Crippen molar-refractivity contribution in [3.8, 4) is 11.5 Å². The number of rotatable bonds is 9. The van der Waals surface area contributed by atoms with Gasteiger partial charge in [0, 0.05) is 0 Å². The summed E-state index contributed by atoms with van der Waals surface area (Å²) in [5.41, 5.74) is 1.23. The molecule has 1 atom stereocenters. The van der Waals surface area contributed by atoms with E-state index in [0.717, 1.165) is 5.56 Å². The molecule has 0 aliphatic rings. The van der Waals surface area contributed by atoms with Crippen molar-refractivity contribution in [2.75, 3.05) is 13.7 Å². The quantitative estimate of drug-likeness (QED) is 0.698. The first-order chi connectivity index (χ1) is 12.5. The van der Waals surface area contributed by atoms with Gasteiger partial charge >= 0.3 is 0 Å². The normalized spacial score (nSPS) is 11.3. The SMILES string of the molecule is COc1ccc(OCC(=O)NC(Cc2ccccc2)C(C)=O)c(C=O)c1. The molecule has 0 aromatic heterocycles. The Morgan fingerprint density at radius 1 is 1.15 bits per heavy atom. The molecule has 0 saturated heterocycles. The lowest BCUT2D eigenvalue weighted by molar-refractivity contribution is -0.128. The van der Waals surface area contributed by atoms with Gasteiger partial charge < -0.3 is 14.8 Å². The summed E-state index contributed by atoms with van der Waals surface area (Å²) in [6.07, 6.45) is 1.04. The van der Waals surface area contributed by atoms with Gasteiger partial charge in [-0.2, -0.15) is 0 Å². The van der Waals surface area contributed by atoms with E-state index in [1.807, 2.05) is 30.3 Å². The first kappa shape index (κ1) is 19.2. The molecule has 2 aromatic carbocycles. The summed E-state index contributed by atoms with van der Waals surface area (Å²) in [5.74, 6) is 0.218. The minimum Gasteiger partial charge on any atom is -0.497 e. The summed E-state index contributed by atoms with van der Waals surface area (Å²) in [7, 11) is 1.49. The van der Waals surface area contributed by atoms with Crippen LogP contribution in [0.2, 0.25) is 0 Å². The number of hydrogen-bond acceptors (Lipinski definition) is 5. The monoisotopic (exact) mass is 355 g/mol. The van der Waals surface area contributed by atoms with Gasteiger partial charge in [0.2, 0.25) is 0 Å². The molecular weight excluding hydrogens is 334 g/mol. The second-order valence-corrected chi connectivity index (χ2v) is 5.73. The number of amides is 1. The van der Waals surface area contributed by atoms with E-state index in [4.69, 9.17) is 9.47 Å². The summed E-state index contributed by atoms with van der Waals surface area (Å²) in [6.45, 7) is 1.13. The molecule has 0 spiro atoms. The van der Waals surface area contributed by atoms with Crippen molar-refractivity contribution in [1.29, 1.82) is 0 Å². The standard InChI is InChI=1S/C20H21NO5/c1-14(23)18(10-15-6-4-3-5-7-15)21-20(24)13-26-19-9-8-17(25-2)11-16(19)12-22/h3-9,11-12,18H,10,13H2,1-2H3,(H,21,24). The fourth-order valence-electron chi connectivity index (χ4n) is 2.40. The van der Waals surface area contributed by atoms with Crippen molar-refractivity contribution in [2.24, 2.45) is 0 Å². The van der Waals surface area contributed by atoms with Crippen molar-refractivity contribution in [2.45, 2.75) is 19.4 Å². The Kier molecular flexibility index (Phi) is 6.91. The van der Waals surface area contributed by atoms with E-state index in [1.54, 1.807) is 12.1 Å². The van der Waals surface area contributed by atoms with Gasteiger partial charge in [-0.15, -0.1) is 0 Å².